The molecular formula is C15H20N2O4. The van der Waals surface area contributed by atoms with Crippen LogP contribution in [-0.2, 0) is 19.1 Å². The van der Waals surface area contributed by atoms with Gasteiger partial charge in [0.25, 0.3) is 0 Å². The van der Waals surface area contributed by atoms with Crippen molar-refractivity contribution in [2.45, 2.75) is 13.0 Å². The summed E-state index contributed by atoms with van der Waals surface area (Å²) in [5.74, 6) is -0.509. The lowest BCUT2D eigenvalue weighted by atomic mass is 10.2. The fourth-order valence-corrected chi connectivity index (χ4v) is 2.25. The zero-order valence-corrected chi connectivity index (χ0v) is 12.3. The summed E-state index contributed by atoms with van der Waals surface area (Å²) in [6, 6.07) is 7.63. The molecule has 2 rings (SSSR count). The van der Waals surface area contributed by atoms with E-state index < -0.39 is 12.1 Å². The topological polar surface area (TPSA) is 67.9 Å². The van der Waals surface area contributed by atoms with Crippen molar-refractivity contribution in [1.82, 2.24) is 4.90 Å². The molecule has 0 saturated carbocycles. The van der Waals surface area contributed by atoms with Crippen molar-refractivity contribution in [3.8, 4) is 0 Å². The van der Waals surface area contributed by atoms with Crippen molar-refractivity contribution in [2.75, 3.05) is 38.7 Å². The van der Waals surface area contributed by atoms with E-state index in [9.17, 15) is 9.59 Å². The van der Waals surface area contributed by atoms with Gasteiger partial charge in [-0.15, -0.1) is 0 Å². The molecule has 0 bridgehead atoms. The highest BCUT2D eigenvalue weighted by Crippen LogP contribution is 2.10. The van der Waals surface area contributed by atoms with Crippen LogP contribution in [0.4, 0.5) is 5.69 Å². The number of aryl methyl sites for hydroxylation is 1. The lowest BCUT2D eigenvalue weighted by Gasteiger charge is -2.30. The van der Waals surface area contributed by atoms with Gasteiger partial charge in [0.05, 0.1) is 20.3 Å². The first-order chi connectivity index (χ1) is 10.1. The van der Waals surface area contributed by atoms with Crippen LogP contribution in [0.2, 0.25) is 0 Å². The maximum absolute atomic E-state index is 12.0. The second kappa shape index (κ2) is 7.19. The number of benzene rings is 1. The molecule has 6 nitrogen and oxygen atoms in total. The van der Waals surface area contributed by atoms with E-state index >= 15 is 0 Å². The number of morpholine rings is 1. The highest BCUT2D eigenvalue weighted by atomic mass is 16.6. The Morgan fingerprint density at radius 3 is 3.00 bits per heavy atom. The Labute approximate surface area is 124 Å². The Hall–Kier alpha value is -1.92. The molecule has 1 saturated heterocycles. The fourth-order valence-electron chi connectivity index (χ4n) is 2.25. The maximum Gasteiger partial charge on any atom is 0.336 e. The minimum Gasteiger partial charge on any atom is -0.467 e. The molecule has 1 N–H and O–H groups in total. The van der Waals surface area contributed by atoms with Crippen molar-refractivity contribution in [3.63, 3.8) is 0 Å². The van der Waals surface area contributed by atoms with Crippen LogP contribution in [0.15, 0.2) is 24.3 Å². The number of amides is 1. The minimum absolute atomic E-state index is 0.105. The number of carbonyl (C=O) groups excluding carboxylic acids is 2. The van der Waals surface area contributed by atoms with Gasteiger partial charge in [0.2, 0.25) is 5.91 Å². The van der Waals surface area contributed by atoms with Gasteiger partial charge in [0, 0.05) is 18.8 Å². The molecule has 1 aromatic carbocycles. The number of carbonyl (C=O) groups is 2. The smallest absolute Gasteiger partial charge is 0.336 e. The van der Waals surface area contributed by atoms with Crippen molar-refractivity contribution < 1.29 is 19.1 Å². The predicted octanol–water partition coefficient (Wildman–Crippen LogP) is 0.807. The SMILES string of the molecule is COC(=O)C1CN(CC(=O)Nc2cccc(C)c2)CCO1. The van der Waals surface area contributed by atoms with Gasteiger partial charge in [-0.1, -0.05) is 12.1 Å². The summed E-state index contributed by atoms with van der Waals surface area (Å²) in [6.45, 7) is 3.60. The van der Waals surface area contributed by atoms with Crippen LogP contribution in [0.5, 0.6) is 0 Å². The quantitative estimate of drug-likeness (QED) is 0.832. The summed E-state index contributed by atoms with van der Waals surface area (Å²) >= 11 is 0. The summed E-state index contributed by atoms with van der Waals surface area (Å²) in [4.78, 5) is 25.4. The average Bonchev–Trinajstić information content (AvgIpc) is 2.46. The number of hydrogen-bond acceptors (Lipinski definition) is 5. The third-order valence-corrected chi connectivity index (χ3v) is 3.28. The second-order valence-corrected chi connectivity index (χ2v) is 5.04. The van der Waals surface area contributed by atoms with E-state index in [0.717, 1.165) is 11.3 Å². The number of ether oxygens (including phenoxy) is 2. The van der Waals surface area contributed by atoms with E-state index in [1.807, 2.05) is 36.1 Å². The normalized spacial score (nSPS) is 19.0. The van der Waals surface area contributed by atoms with Crippen molar-refractivity contribution >= 4 is 17.6 Å². The monoisotopic (exact) mass is 292 g/mol. The van der Waals surface area contributed by atoms with E-state index in [2.05, 4.69) is 10.1 Å². The molecule has 1 unspecified atom stereocenters. The molecule has 1 aliphatic heterocycles. The van der Waals surface area contributed by atoms with E-state index in [4.69, 9.17) is 4.74 Å². The van der Waals surface area contributed by atoms with Gasteiger partial charge in [0.15, 0.2) is 6.10 Å². The van der Waals surface area contributed by atoms with Crippen LogP contribution < -0.4 is 5.32 Å². The zero-order valence-electron chi connectivity index (χ0n) is 12.3. The van der Waals surface area contributed by atoms with Crippen LogP contribution in [0.1, 0.15) is 5.56 Å². The van der Waals surface area contributed by atoms with Gasteiger partial charge in [-0.3, -0.25) is 9.69 Å². The van der Waals surface area contributed by atoms with Gasteiger partial charge in [-0.25, -0.2) is 4.79 Å². The van der Waals surface area contributed by atoms with Crippen LogP contribution in [0, 0.1) is 6.92 Å². The Morgan fingerprint density at radius 2 is 2.29 bits per heavy atom. The fraction of sp³-hybridized carbons (Fsp3) is 0.467. The standard InChI is InChI=1S/C15H20N2O4/c1-11-4-3-5-12(8-11)16-14(18)10-17-6-7-21-13(9-17)15(19)20-2/h3-5,8,13H,6-7,9-10H2,1-2H3,(H,16,18). The molecule has 0 aromatic heterocycles. The van der Waals surface area contributed by atoms with E-state index in [0.29, 0.717) is 19.7 Å². The molecule has 0 spiro atoms. The summed E-state index contributed by atoms with van der Waals surface area (Å²) in [5, 5.41) is 2.85. The number of anilines is 1. The van der Waals surface area contributed by atoms with Gasteiger partial charge in [0.1, 0.15) is 0 Å². The van der Waals surface area contributed by atoms with E-state index in [1.54, 1.807) is 0 Å². The Balaban J connectivity index is 1.86. The maximum atomic E-state index is 12.0. The second-order valence-electron chi connectivity index (χ2n) is 5.04. The van der Waals surface area contributed by atoms with E-state index in [-0.39, 0.29) is 12.5 Å². The predicted molar refractivity (Wildman–Crippen MR) is 78.0 cm³/mol. The average molecular weight is 292 g/mol. The molecule has 21 heavy (non-hydrogen) atoms. The molecular weight excluding hydrogens is 272 g/mol. The molecule has 1 aromatic rings. The molecule has 0 radical (unpaired) electrons. The van der Waals surface area contributed by atoms with Gasteiger partial charge in [-0.05, 0) is 24.6 Å². The van der Waals surface area contributed by atoms with Gasteiger partial charge < -0.3 is 14.8 Å². The van der Waals surface area contributed by atoms with Crippen LogP contribution >= 0.6 is 0 Å². The number of rotatable bonds is 4. The third-order valence-electron chi connectivity index (χ3n) is 3.28. The van der Waals surface area contributed by atoms with Crippen molar-refractivity contribution in [2.24, 2.45) is 0 Å². The zero-order chi connectivity index (χ0) is 15.2. The summed E-state index contributed by atoms with van der Waals surface area (Å²) in [5.41, 5.74) is 1.86. The van der Waals surface area contributed by atoms with Crippen LogP contribution in [0.3, 0.4) is 0 Å². The first kappa shape index (κ1) is 15.5. The molecule has 1 amide bonds. The number of esters is 1. The van der Waals surface area contributed by atoms with E-state index in [1.165, 1.54) is 7.11 Å². The number of nitrogens with zero attached hydrogens (tertiary/aromatic N) is 1. The summed E-state index contributed by atoms with van der Waals surface area (Å²) < 4.78 is 9.99. The van der Waals surface area contributed by atoms with Gasteiger partial charge in [-0.2, -0.15) is 0 Å². The number of methoxy groups -OCH3 is 1. The number of nitrogens with one attached hydrogen (secondary N) is 1. The highest BCUT2D eigenvalue weighted by molar-refractivity contribution is 5.92. The molecule has 0 aliphatic carbocycles. The summed E-state index contributed by atoms with van der Waals surface area (Å²) in [6.07, 6.45) is -0.615. The first-order valence-electron chi connectivity index (χ1n) is 6.87. The van der Waals surface area contributed by atoms with Gasteiger partial charge >= 0.3 is 5.97 Å². The molecule has 1 atom stereocenters. The highest BCUT2D eigenvalue weighted by Gasteiger charge is 2.28. The lowest BCUT2D eigenvalue weighted by molar-refractivity contribution is -0.160. The lowest BCUT2D eigenvalue weighted by Crippen LogP contribution is -2.48. The Kier molecular flexibility index (Phi) is 5.30. The van der Waals surface area contributed by atoms with Crippen molar-refractivity contribution in [1.29, 1.82) is 0 Å². The van der Waals surface area contributed by atoms with Crippen LogP contribution in [-0.4, -0.2) is 56.2 Å². The Morgan fingerprint density at radius 1 is 1.48 bits per heavy atom. The minimum atomic E-state index is -0.615. The first-order valence-corrected chi connectivity index (χ1v) is 6.87. The third kappa shape index (κ3) is 4.54. The molecule has 6 heteroatoms. The van der Waals surface area contributed by atoms with Crippen molar-refractivity contribution in [3.05, 3.63) is 29.8 Å². The summed E-state index contributed by atoms with van der Waals surface area (Å²) in [7, 11) is 1.33. The Bertz CT molecular complexity index is 518. The molecule has 1 heterocycles. The number of hydrogen-bond donors (Lipinski definition) is 1. The molecule has 114 valence electrons. The molecule has 1 fully saturated rings. The largest absolute Gasteiger partial charge is 0.467 e. The van der Waals surface area contributed by atoms with Crippen LogP contribution in [0.25, 0.3) is 0 Å². The molecule has 1 aliphatic rings.